The lowest BCUT2D eigenvalue weighted by Crippen LogP contribution is -2.27. The van der Waals surface area contributed by atoms with E-state index in [1.807, 2.05) is 0 Å². The smallest absolute Gasteiger partial charge is 0.394 e. The Morgan fingerprint density at radius 1 is 1.41 bits per heavy atom. The summed E-state index contributed by atoms with van der Waals surface area (Å²) in [5.41, 5.74) is 0. The van der Waals surface area contributed by atoms with Gasteiger partial charge in [0, 0.05) is 13.3 Å². The molecule has 0 radical (unpaired) electrons. The first-order valence-corrected chi connectivity index (χ1v) is 6.35. The fraction of sp³-hybridized carbons (Fsp3) is 0.500. The third-order valence-corrected chi connectivity index (χ3v) is 2.58. The lowest BCUT2D eigenvalue weighted by atomic mass is 10.2. The van der Waals surface area contributed by atoms with E-state index >= 15 is 0 Å². The zero-order valence-electron chi connectivity index (χ0n) is 11.4. The Labute approximate surface area is 129 Å². The highest BCUT2D eigenvalue weighted by Gasteiger charge is 2.25. The van der Waals surface area contributed by atoms with Crippen LogP contribution >= 0.6 is 11.6 Å². The molecule has 1 rings (SSSR count). The molecule has 0 fully saturated rings. The summed E-state index contributed by atoms with van der Waals surface area (Å²) < 4.78 is 0. The Morgan fingerprint density at radius 2 is 2.05 bits per heavy atom. The number of halogens is 1. The molecule has 0 spiro atoms. The maximum absolute atomic E-state index is 11.0. The average Bonchev–Trinajstić information content (AvgIpc) is 2.40. The van der Waals surface area contributed by atoms with Crippen molar-refractivity contribution in [1.82, 2.24) is 9.97 Å². The van der Waals surface area contributed by atoms with Crippen LogP contribution < -0.4 is 10.6 Å². The minimum absolute atomic E-state index is 0.228. The highest BCUT2D eigenvalue weighted by atomic mass is 35.5. The fourth-order valence-electron chi connectivity index (χ4n) is 1.43. The van der Waals surface area contributed by atoms with E-state index in [1.165, 1.54) is 0 Å². The lowest BCUT2D eigenvalue weighted by molar-refractivity contribution is -0.388. The van der Waals surface area contributed by atoms with Crippen molar-refractivity contribution in [2.75, 3.05) is 17.2 Å². The summed E-state index contributed by atoms with van der Waals surface area (Å²) >= 11 is 5.72. The van der Waals surface area contributed by atoms with Crippen LogP contribution in [0.15, 0.2) is 0 Å². The van der Waals surface area contributed by atoms with Crippen molar-refractivity contribution >= 4 is 35.0 Å². The molecule has 0 saturated carbocycles. The van der Waals surface area contributed by atoms with Gasteiger partial charge in [0.25, 0.3) is 5.15 Å². The number of hydrogen-bond donors (Lipinski definition) is 5. The number of aromatic nitrogens is 2. The molecule has 1 amide bonds. The molecule has 22 heavy (non-hydrogen) atoms. The summed E-state index contributed by atoms with van der Waals surface area (Å²) in [6.07, 6.45) is -2.77. The van der Waals surface area contributed by atoms with Gasteiger partial charge in [0.2, 0.25) is 11.7 Å². The number of carbonyl (C=O) groups is 1. The number of carbonyl (C=O) groups excluding carboxylic acids is 1. The van der Waals surface area contributed by atoms with Gasteiger partial charge >= 0.3 is 5.82 Å². The van der Waals surface area contributed by atoms with Crippen molar-refractivity contribution in [2.45, 2.75) is 25.7 Å². The molecule has 0 bridgehead atoms. The van der Waals surface area contributed by atoms with Gasteiger partial charge in [-0.3, -0.25) is 4.79 Å². The van der Waals surface area contributed by atoms with E-state index < -0.39 is 46.6 Å². The van der Waals surface area contributed by atoms with E-state index in [0.717, 1.165) is 6.92 Å². The van der Waals surface area contributed by atoms with Gasteiger partial charge in [0.15, 0.2) is 5.82 Å². The Bertz CT molecular complexity index is 571. The van der Waals surface area contributed by atoms with E-state index in [2.05, 4.69) is 20.6 Å². The van der Waals surface area contributed by atoms with Gasteiger partial charge in [-0.15, -0.1) is 0 Å². The number of aliphatic hydroxyl groups excluding tert-OH is 3. The molecular formula is C10H14ClN5O6. The van der Waals surface area contributed by atoms with Crippen LogP contribution in [0.1, 0.15) is 13.3 Å². The minimum Gasteiger partial charge on any atom is -0.394 e. The summed E-state index contributed by atoms with van der Waals surface area (Å²) in [6.45, 7) is 0.565. The summed E-state index contributed by atoms with van der Waals surface area (Å²) in [7, 11) is 0. The quantitative estimate of drug-likeness (QED) is 0.249. The predicted molar refractivity (Wildman–Crippen MR) is 75.3 cm³/mol. The van der Waals surface area contributed by atoms with Gasteiger partial charge in [-0.25, -0.2) is 0 Å². The molecule has 12 heteroatoms. The van der Waals surface area contributed by atoms with Gasteiger partial charge in [0.05, 0.1) is 12.7 Å². The van der Waals surface area contributed by atoms with Crippen molar-refractivity contribution in [3.8, 4) is 0 Å². The highest BCUT2D eigenvalue weighted by molar-refractivity contribution is 6.31. The largest absolute Gasteiger partial charge is 0.408 e. The molecule has 0 aliphatic heterocycles. The first kappa shape index (κ1) is 18.0. The summed E-state index contributed by atoms with van der Waals surface area (Å²) in [6, 6.07) is 0. The zero-order chi connectivity index (χ0) is 16.9. The average molecular weight is 336 g/mol. The van der Waals surface area contributed by atoms with Crippen LogP contribution in [0.4, 0.5) is 17.5 Å². The molecule has 11 nitrogen and oxygen atoms in total. The Kier molecular flexibility index (Phi) is 6.37. The van der Waals surface area contributed by atoms with Gasteiger partial charge in [-0.05, 0) is 21.5 Å². The summed E-state index contributed by atoms with van der Waals surface area (Å²) in [4.78, 5) is 28.2. The van der Waals surface area contributed by atoms with E-state index in [0.29, 0.717) is 0 Å². The number of nitrogens with zero attached hydrogens (tertiary/aromatic N) is 3. The van der Waals surface area contributed by atoms with Crippen LogP contribution in [0.2, 0.25) is 5.15 Å². The van der Waals surface area contributed by atoms with Crippen LogP contribution in [0.5, 0.6) is 0 Å². The molecular weight excluding hydrogens is 322 g/mol. The molecule has 2 atom stereocenters. The van der Waals surface area contributed by atoms with E-state index in [-0.39, 0.29) is 12.2 Å². The van der Waals surface area contributed by atoms with Crippen molar-refractivity contribution in [2.24, 2.45) is 0 Å². The second-order valence-electron chi connectivity index (χ2n) is 4.21. The van der Waals surface area contributed by atoms with E-state index in [9.17, 15) is 25.1 Å². The summed E-state index contributed by atoms with van der Waals surface area (Å²) in [5.74, 6) is -2.04. The van der Waals surface area contributed by atoms with Gasteiger partial charge in [-0.2, -0.15) is 4.98 Å². The molecule has 2 unspecified atom stereocenters. The zero-order valence-corrected chi connectivity index (χ0v) is 12.1. The first-order valence-electron chi connectivity index (χ1n) is 5.97. The number of aliphatic hydroxyl groups is 3. The molecule has 122 valence electrons. The maximum Gasteiger partial charge on any atom is 0.408 e. The molecule has 0 saturated heterocycles. The number of hydrogen-bond acceptors (Lipinski definition) is 9. The third-order valence-electron chi connectivity index (χ3n) is 2.31. The number of rotatable bonds is 7. The molecule has 1 aromatic rings. The summed E-state index contributed by atoms with van der Waals surface area (Å²) in [5, 5.41) is 42.4. The van der Waals surface area contributed by atoms with Gasteiger partial charge in [0.1, 0.15) is 6.23 Å². The molecule has 0 aromatic carbocycles. The monoisotopic (exact) mass is 335 g/mol. The molecule has 1 heterocycles. The number of anilines is 2. The van der Waals surface area contributed by atoms with Gasteiger partial charge < -0.3 is 36.1 Å². The highest BCUT2D eigenvalue weighted by Crippen LogP contribution is 2.27. The van der Waals surface area contributed by atoms with Crippen LogP contribution in [0, 0.1) is 10.1 Å². The second kappa shape index (κ2) is 7.79. The minimum atomic E-state index is -1.35. The Balaban J connectivity index is 3.04. The van der Waals surface area contributed by atoms with Crippen molar-refractivity contribution in [3.63, 3.8) is 0 Å². The fourth-order valence-corrected chi connectivity index (χ4v) is 1.60. The van der Waals surface area contributed by atoms with Crippen LogP contribution in [-0.4, -0.2) is 55.1 Å². The molecule has 5 N–H and O–H groups in total. The Morgan fingerprint density at radius 3 is 2.55 bits per heavy atom. The second-order valence-corrected chi connectivity index (χ2v) is 4.56. The lowest BCUT2D eigenvalue weighted by Gasteiger charge is -2.16. The number of amides is 1. The Hall–Kier alpha value is -2.08. The standard InChI is InChI=1S/C10H14ClN5O6/c1-4(18)12-9-10(16(21)22)14-7(11)8(15-9)13-6(20)2-5(19)3-17/h5-6,17,19-20H,2-3H2,1H3,(H2,12,13,15,18). The third kappa shape index (κ3) is 5.04. The maximum atomic E-state index is 11.0. The molecule has 0 aliphatic carbocycles. The SMILES string of the molecule is CC(=O)Nc1nc(NC(O)CC(O)CO)c(Cl)nc1[N+](=O)[O-]. The predicted octanol–water partition coefficient (Wildman–Crippen LogP) is -0.530. The number of nitrogens with one attached hydrogen (secondary N) is 2. The number of nitro groups is 1. The van der Waals surface area contributed by atoms with Crippen molar-refractivity contribution in [3.05, 3.63) is 15.3 Å². The first-order chi connectivity index (χ1) is 10.2. The molecule has 1 aromatic heterocycles. The van der Waals surface area contributed by atoms with Gasteiger partial charge in [-0.1, -0.05) is 0 Å². The van der Waals surface area contributed by atoms with Crippen molar-refractivity contribution in [1.29, 1.82) is 0 Å². The van der Waals surface area contributed by atoms with E-state index in [4.69, 9.17) is 16.7 Å². The van der Waals surface area contributed by atoms with Crippen molar-refractivity contribution < 1.29 is 25.0 Å². The van der Waals surface area contributed by atoms with E-state index in [1.54, 1.807) is 0 Å². The topological polar surface area (TPSA) is 171 Å². The molecule has 0 aliphatic rings. The van der Waals surface area contributed by atoms with Crippen LogP contribution in [-0.2, 0) is 4.79 Å². The van der Waals surface area contributed by atoms with Crippen LogP contribution in [0.25, 0.3) is 0 Å². The van der Waals surface area contributed by atoms with Crippen LogP contribution in [0.3, 0.4) is 0 Å². The normalized spacial score (nSPS) is 13.3.